The van der Waals surface area contributed by atoms with Gasteiger partial charge < -0.3 is 9.15 Å². The predicted octanol–water partition coefficient (Wildman–Crippen LogP) is 6.01. The van der Waals surface area contributed by atoms with Gasteiger partial charge in [0, 0.05) is 13.1 Å². The SMILES string of the molecule is O=c1c(-c2ccccc2)c(C(F)(F)F)oc2c3c(ccc12)OCN(CCc1ccc(F)cc1)C3. The first kappa shape index (κ1) is 22.2. The van der Waals surface area contributed by atoms with Crippen LogP contribution in [0.4, 0.5) is 17.6 Å². The molecule has 4 nitrogen and oxygen atoms in total. The van der Waals surface area contributed by atoms with Crippen LogP contribution in [0, 0.1) is 5.82 Å². The van der Waals surface area contributed by atoms with Gasteiger partial charge >= 0.3 is 6.18 Å². The molecule has 0 unspecified atom stereocenters. The lowest BCUT2D eigenvalue weighted by molar-refractivity contribution is -0.152. The molecule has 1 aliphatic heterocycles. The van der Waals surface area contributed by atoms with Crippen LogP contribution in [0.5, 0.6) is 5.75 Å². The second kappa shape index (κ2) is 8.61. The van der Waals surface area contributed by atoms with E-state index in [4.69, 9.17) is 9.15 Å². The van der Waals surface area contributed by atoms with Crippen molar-refractivity contribution in [3.05, 3.63) is 99.7 Å². The average molecular weight is 469 g/mol. The zero-order valence-electron chi connectivity index (χ0n) is 17.9. The maximum absolute atomic E-state index is 14.0. The Balaban J connectivity index is 1.56. The summed E-state index contributed by atoms with van der Waals surface area (Å²) in [7, 11) is 0. The molecule has 0 saturated carbocycles. The normalized spacial score (nSPS) is 14.1. The van der Waals surface area contributed by atoms with E-state index in [2.05, 4.69) is 0 Å². The molecule has 0 radical (unpaired) electrons. The molecule has 2 heterocycles. The Kier molecular flexibility index (Phi) is 5.61. The lowest BCUT2D eigenvalue weighted by atomic mass is 10.00. The van der Waals surface area contributed by atoms with Crippen molar-refractivity contribution in [3.63, 3.8) is 0 Å². The Labute approximate surface area is 192 Å². The van der Waals surface area contributed by atoms with Gasteiger partial charge in [0.05, 0.1) is 16.5 Å². The Morgan fingerprint density at radius 1 is 0.941 bits per heavy atom. The molecule has 1 aromatic heterocycles. The maximum Gasteiger partial charge on any atom is 0.450 e. The van der Waals surface area contributed by atoms with Gasteiger partial charge in [-0.1, -0.05) is 42.5 Å². The van der Waals surface area contributed by atoms with Crippen LogP contribution in [-0.4, -0.2) is 18.2 Å². The number of alkyl halides is 3. The third kappa shape index (κ3) is 4.17. The highest BCUT2D eigenvalue weighted by atomic mass is 19.4. The van der Waals surface area contributed by atoms with Crippen LogP contribution in [0.2, 0.25) is 0 Å². The summed E-state index contributed by atoms with van der Waals surface area (Å²) in [6.07, 6.45) is -4.27. The first-order valence-electron chi connectivity index (χ1n) is 10.7. The molecule has 0 bridgehead atoms. The number of ether oxygens (including phenoxy) is 1. The van der Waals surface area contributed by atoms with Crippen LogP contribution in [0.25, 0.3) is 22.1 Å². The molecule has 4 aromatic rings. The highest BCUT2D eigenvalue weighted by molar-refractivity contribution is 5.87. The van der Waals surface area contributed by atoms with Gasteiger partial charge in [-0.2, -0.15) is 13.2 Å². The van der Waals surface area contributed by atoms with E-state index in [9.17, 15) is 22.4 Å². The highest BCUT2D eigenvalue weighted by Gasteiger charge is 2.40. The molecule has 1 aliphatic rings. The van der Waals surface area contributed by atoms with E-state index in [-0.39, 0.29) is 35.6 Å². The van der Waals surface area contributed by atoms with Crippen LogP contribution in [0.1, 0.15) is 16.9 Å². The van der Waals surface area contributed by atoms with E-state index in [1.807, 2.05) is 4.90 Å². The molecule has 0 N–H and O–H groups in total. The van der Waals surface area contributed by atoms with Crippen molar-refractivity contribution in [1.29, 1.82) is 0 Å². The fraction of sp³-hybridized carbons (Fsp3) is 0.192. The second-order valence-electron chi connectivity index (χ2n) is 8.12. The number of rotatable bonds is 4. The summed E-state index contributed by atoms with van der Waals surface area (Å²) in [4.78, 5) is 15.1. The lowest BCUT2D eigenvalue weighted by Gasteiger charge is -2.29. The predicted molar refractivity (Wildman–Crippen MR) is 119 cm³/mol. The zero-order valence-corrected chi connectivity index (χ0v) is 17.9. The van der Waals surface area contributed by atoms with E-state index < -0.39 is 22.9 Å². The quantitative estimate of drug-likeness (QED) is 0.343. The molecule has 34 heavy (non-hydrogen) atoms. The largest absolute Gasteiger partial charge is 0.478 e. The lowest BCUT2D eigenvalue weighted by Crippen LogP contribution is -2.34. The number of halogens is 4. The van der Waals surface area contributed by atoms with Gasteiger partial charge in [0.25, 0.3) is 0 Å². The third-order valence-electron chi connectivity index (χ3n) is 5.85. The van der Waals surface area contributed by atoms with Crippen molar-refractivity contribution in [3.8, 4) is 16.9 Å². The first-order chi connectivity index (χ1) is 16.3. The van der Waals surface area contributed by atoms with Gasteiger partial charge in [-0.3, -0.25) is 9.69 Å². The Hall–Kier alpha value is -3.65. The second-order valence-corrected chi connectivity index (χ2v) is 8.12. The summed E-state index contributed by atoms with van der Waals surface area (Å²) in [6, 6.07) is 16.9. The Morgan fingerprint density at radius 2 is 1.68 bits per heavy atom. The first-order valence-corrected chi connectivity index (χ1v) is 10.7. The molecule has 3 aromatic carbocycles. The summed E-state index contributed by atoms with van der Waals surface area (Å²) in [6.45, 7) is 1.01. The molecule has 8 heteroatoms. The van der Waals surface area contributed by atoms with E-state index in [0.717, 1.165) is 5.56 Å². The van der Waals surface area contributed by atoms with Crippen molar-refractivity contribution >= 4 is 11.0 Å². The van der Waals surface area contributed by atoms with Gasteiger partial charge in [-0.15, -0.1) is 0 Å². The average Bonchev–Trinajstić information content (AvgIpc) is 2.83. The fourth-order valence-electron chi connectivity index (χ4n) is 4.16. The Bertz CT molecular complexity index is 1400. The summed E-state index contributed by atoms with van der Waals surface area (Å²) in [5.41, 5.74) is 0.0754. The zero-order chi connectivity index (χ0) is 23.9. The number of hydrogen-bond donors (Lipinski definition) is 0. The summed E-state index contributed by atoms with van der Waals surface area (Å²) < 4.78 is 66.3. The number of fused-ring (bicyclic) bond motifs is 3. The van der Waals surface area contributed by atoms with E-state index >= 15 is 0 Å². The molecule has 0 fully saturated rings. The van der Waals surface area contributed by atoms with Crippen LogP contribution in [-0.2, 0) is 19.1 Å². The monoisotopic (exact) mass is 469 g/mol. The summed E-state index contributed by atoms with van der Waals surface area (Å²) >= 11 is 0. The van der Waals surface area contributed by atoms with Crippen LogP contribution in [0.15, 0.2) is 75.9 Å². The molecule has 0 atom stereocenters. The van der Waals surface area contributed by atoms with Gasteiger partial charge in [0.1, 0.15) is 23.9 Å². The maximum atomic E-state index is 14.0. The van der Waals surface area contributed by atoms with Gasteiger partial charge in [-0.05, 0) is 41.8 Å². The summed E-state index contributed by atoms with van der Waals surface area (Å²) in [5.74, 6) is -1.27. The van der Waals surface area contributed by atoms with E-state index in [1.54, 1.807) is 36.4 Å². The van der Waals surface area contributed by atoms with Gasteiger partial charge in [0.2, 0.25) is 11.2 Å². The van der Waals surface area contributed by atoms with Crippen molar-refractivity contribution < 1.29 is 26.7 Å². The van der Waals surface area contributed by atoms with E-state index in [1.165, 1.54) is 30.3 Å². The minimum atomic E-state index is -4.86. The molecule has 0 spiro atoms. The van der Waals surface area contributed by atoms with Crippen LogP contribution >= 0.6 is 0 Å². The minimum Gasteiger partial charge on any atom is -0.478 e. The van der Waals surface area contributed by atoms with Crippen LogP contribution in [0.3, 0.4) is 0 Å². The van der Waals surface area contributed by atoms with Crippen molar-refractivity contribution in [2.75, 3.05) is 13.3 Å². The third-order valence-corrected chi connectivity index (χ3v) is 5.85. The molecule has 5 rings (SSSR count). The Morgan fingerprint density at radius 3 is 2.38 bits per heavy atom. The fourth-order valence-corrected chi connectivity index (χ4v) is 4.16. The molecular weight excluding hydrogens is 450 g/mol. The standard InChI is InChI=1S/C26H19F4NO3/c27-18-8-6-16(7-9-18)12-13-31-14-20-21(33-15-31)11-10-19-23(32)22(17-4-2-1-3-5-17)25(26(28,29)30)34-24(19)20/h1-11H,12-15H2. The van der Waals surface area contributed by atoms with Crippen molar-refractivity contribution in [2.45, 2.75) is 19.1 Å². The smallest absolute Gasteiger partial charge is 0.450 e. The number of hydrogen-bond acceptors (Lipinski definition) is 4. The molecular formula is C26H19F4NO3. The number of benzene rings is 3. The minimum absolute atomic E-state index is 0.0644. The summed E-state index contributed by atoms with van der Waals surface area (Å²) in [5, 5.41) is 0.0644. The molecule has 0 aliphatic carbocycles. The molecule has 0 amide bonds. The topological polar surface area (TPSA) is 42.7 Å². The highest BCUT2D eigenvalue weighted by Crippen LogP contribution is 2.40. The molecule has 174 valence electrons. The van der Waals surface area contributed by atoms with Crippen molar-refractivity contribution in [2.24, 2.45) is 0 Å². The number of nitrogens with zero attached hydrogens (tertiary/aromatic N) is 1. The molecule has 0 saturated heterocycles. The van der Waals surface area contributed by atoms with Gasteiger partial charge in [-0.25, -0.2) is 4.39 Å². The van der Waals surface area contributed by atoms with Gasteiger partial charge in [0.15, 0.2) is 0 Å². The van der Waals surface area contributed by atoms with E-state index in [0.29, 0.717) is 24.3 Å². The van der Waals surface area contributed by atoms with Crippen molar-refractivity contribution in [1.82, 2.24) is 4.90 Å². The van der Waals surface area contributed by atoms with Crippen LogP contribution < -0.4 is 10.2 Å².